The molecule has 0 bridgehead atoms. The average Bonchev–Trinajstić information content (AvgIpc) is 2.90. The van der Waals surface area contributed by atoms with Gasteiger partial charge in [-0.2, -0.15) is 0 Å². The maximum atomic E-state index is 12.0. The Balaban J connectivity index is 1.94. The molecule has 0 aromatic heterocycles. The van der Waals surface area contributed by atoms with Gasteiger partial charge in [0.2, 0.25) is 5.91 Å². The van der Waals surface area contributed by atoms with Gasteiger partial charge in [-0.15, -0.1) is 0 Å². The first-order valence-electron chi connectivity index (χ1n) is 7.12. The van der Waals surface area contributed by atoms with Crippen LogP contribution in [0.25, 0.3) is 0 Å². The van der Waals surface area contributed by atoms with E-state index in [4.69, 9.17) is 0 Å². The van der Waals surface area contributed by atoms with Crippen molar-refractivity contribution in [2.45, 2.75) is 37.1 Å². The first-order valence-corrected chi connectivity index (χ1v) is 9.01. The SMILES string of the molecule is C[C@H](NC(=O)C[C@H]1C=CCC1)c1ccc(S(C)(=O)=O)cc1. The molecule has 1 aromatic carbocycles. The molecule has 1 amide bonds. The van der Waals surface area contributed by atoms with Crippen molar-refractivity contribution in [3.8, 4) is 0 Å². The van der Waals surface area contributed by atoms with E-state index in [0.29, 0.717) is 17.2 Å². The predicted molar refractivity (Wildman–Crippen MR) is 82.6 cm³/mol. The number of rotatable bonds is 5. The smallest absolute Gasteiger partial charge is 0.221 e. The lowest BCUT2D eigenvalue weighted by atomic mass is 10.0. The van der Waals surface area contributed by atoms with Crippen molar-refractivity contribution in [2.24, 2.45) is 5.92 Å². The van der Waals surface area contributed by atoms with Gasteiger partial charge in [-0.25, -0.2) is 8.42 Å². The van der Waals surface area contributed by atoms with Gasteiger partial charge in [0.05, 0.1) is 10.9 Å². The van der Waals surface area contributed by atoms with Crippen LogP contribution in [-0.2, 0) is 14.6 Å². The van der Waals surface area contributed by atoms with Crippen LogP contribution in [0.2, 0.25) is 0 Å². The third-order valence-corrected chi connectivity index (χ3v) is 4.87. The fourth-order valence-electron chi connectivity index (χ4n) is 2.49. The molecular formula is C16H21NO3S. The summed E-state index contributed by atoms with van der Waals surface area (Å²) in [5.74, 6) is 0.385. The van der Waals surface area contributed by atoms with Crippen LogP contribution in [0.1, 0.15) is 37.8 Å². The van der Waals surface area contributed by atoms with Gasteiger partial charge >= 0.3 is 0 Å². The third kappa shape index (κ3) is 4.43. The van der Waals surface area contributed by atoms with Crippen LogP contribution in [0.4, 0.5) is 0 Å². The van der Waals surface area contributed by atoms with E-state index >= 15 is 0 Å². The molecule has 0 saturated carbocycles. The van der Waals surface area contributed by atoms with Crippen molar-refractivity contribution in [3.63, 3.8) is 0 Å². The highest BCUT2D eigenvalue weighted by molar-refractivity contribution is 7.90. The second-order valence-corrected chi connectivity index (χ2v) is 7.62. The lowest BCUT2D eigenvalue weighted by Gasteiger charge is -2.16. The molecule has 0 saturated heterocycles. The molecule has 0 aliphatic heterocycles. The number of hydrogen-bond donors (Lipinski definition) is 1. The minimum Gasteiger partial charge on any atom is -0.350 e. The Bertz CT molecular complexity index is 632. The Morgan fingerprint density at radius 1 is 1.33 bits per heavy atom. The maximum Gasteiger partial charge on any atom is 0.221 e. The molecule has 21 heavy (non-hydrogen) atoms. The third-order valence-electron chi connectivity index (χ3n) is 3.75. The molecule has 2 rings (SSSR count). The summed E-state index contributed by atoms with van der Waals surface area (Å²) in [6, 6.07) is 6.52. The number of amides is 1. The summed E-state index contributed by atoms with van der Waals surface area (Å²) in [6.07, 6.45) is 8.02. The molecule has 1 aliphatic rings. The zero-order valence-corrected chi connectivity index (χ0v) is 13.2. The summed E-state index contributed by atoms with van der Waals surface area (Å²) >= 11 is 0. The van der Waals surface area contributed by atoms with Crippen molar-refractivity contribution < 1.29 is 13.2 Å². The van der Waals surface area contributed by atoms with E-state index in [1.54, 1.807) is 24.3 Å². The summed E-state index contributed by atoms with van der Waals surface area (Å²) in [5.41, 5.74) is 0.901. The standard InChI is InChI=1S/C16H21NO3S/c1-12(17-16(18)11-13-5-3-4-6-13)14-7-9-15(10-8-14)21(2,19)20/h3,5,7-10,12-13H,4,6,11H2,1-2H3,(H,17,18)/t12-,13-/m0/s1. The minimum absolute atomic E-state index is 0.0336. The molecule has 114 valence electrons. The van der Waals surface area contributed by atoms with Crippen LogP contribution in [-0.4, -0.2) is 20.6 Å². The molecule has 0 radical (unpaired) electrons. The highest BCUT2D eigenvalue weighted by Crippen LogP contribution is 2.21. The molecule has 0 spiro atoms. The van der Waals surface area contributed by atoms with Gasteiger partial charge < -0.3 is 5.32 Å². The van der Waals surface area contributed by atoms with Crippen molar-refractivity contribution in [2.75, 3.05) is 6.26 Å². The van der Waals surface area contributed by atoms with Gasteiger partial charge in [0.15, 0.2) is 9.84 Å². The first-order chi connectivity index (χ1) is 9.86. The predicted octanol–water partition coefficient (Wildman–Crippen LogP) is 2.62. The Labute approximate surface area is 126 Å². The first kappa shape index (κ1) is 15.8. The second kappa shape index (κ2) is 6.43. The van der Waals surface area contributed by atoms with Crippen molar-refractivity contribution in [1.82, 2.24) is 5.32 Å². The van der Waals surface area contributed by atoms with Gasteiger partial charge in [-0.1, -0.05) is 24.3 Å². The Morgan fingerprint density at radius 3 is 2.52 bits per heavy atom. The largest absolute Gasteiger partial charge is 0.350 e. The second-order valence-electron chi connectivity index (χ2n) is 5.60. The number of nitrogens with one attached hydrogen (secondary N) is 1. The van der Waals surface area contributed by atoms with Crippen LogP contribution in [0.3, 0.4) is 0 Å². The van der Waals surface area contributed by atoms with Gasteiger partial charge in [-0.3, -0.25) is 4.79 Å². The van der Waals surface area contributed by atoms with E-state index < -0.39 is 9.84 Å². The average molecular weight is 307 g/mol. The number of benzene rings is 1. The number of carbonyl (C=O) groups excluding carboxylic acids is 1. The lowest BCUT2D eigenvalue weighted by Crippen LogP contribution is -2.27. The molecular weight excluding hydrogens is 286 g/mol. The van der Waals surface area contributed by atoms with Crippen LogP contribution < -0.4 is 5.32 Å². The summed E-state index contributed by atoms with van der Waals surface area (Å²) in [4.78, 5) is 12.3. The van der Waals surface area contributed by atoms with E-state index in [2.05, 4.69) is 17.5 Å². The number of allylic oxidation sites excluding steroid dienone is 2. The molecule has 1 N–H and O–H groups in total. The van der Waals surface area contributed by atoms with E-state index in [0.717, 1.165) is 18.4 Å². The molecule has 0 unspecified atom stereocenters. The lowest BCUT2D eigenvalue weighted by molar-refractivity contribution is -0.122. The molecule has 5 heteroatoms. The molecule has 1 aliphatic carbocycles. The number of sulfone groups is 1. The maximum absolute atomic E-state index is 12.0. The van der Waals surface area contributed by atoms with E-state index in [-0.39, 0.29) is 11.9 Å². The zero-order chi connectivity index (χ0) is 15.5. The van der Waals surface area contributed by atoms with Crippen LogP contribution >= 0.6 is 0 Å². The van der Waals surface area contributed by atoms with Gasteiger partial charge in [-0.05, 0) is 43.4 Å². The summed E-state index contributed by atoms with van der Waals surface area (Å²) in [7, 11) is -3.18. The topological polar surface area (TPSA) is 63.2 Å². The summed E-state index contributed by atoms with van der Waals surface area (Å²) in [6.45, 7) is 1.90. The van der Waals surface area contributed by atoms with Crippen molar-refractivity contribution >= 4 is 15.7 Å². The van der Waals surface area contributed by atoms with Crippen LogP contribution in [0, 0.1) is 5.92 Å². The highest BCUT2D eigenvalue weighted by atomic mass is 32.2. The normalized spacial score (nSPS) is 19.4. The minimum atomic E-state index is -3.18. The molecule has 0 fully saturated rings. The van der Waals surface area contributed by atoms with E-state index in [1.165, 1.54) is 6.26 Å². The van der Waals surface area contributed by atoms with Gasteiger partial charge in [0, 0.05) is 12.7 Å². The number of carbonyl (C=O) groups is 1. The van der Waals surface area contributed by atoms with E-state index in [1.807, 2.05) is 6.92 Å². The highest BCUT2D eigenvalue weighted by Gasteiger charge is 2.16. The fraction of sp³-hybridized carbons (Fsp3) is 0.438. The summed E-state index contributed by atoms with van der Waals surface area (Å²) in [5, 5.41) is 2.96. The zero-order valence-electron chi connectivity index (χ0n) is 12.4. The van der Waals surface area contributed by atoms with Crippen LogP contribution in [0.15, 0.2) is 41.3 Å². The Morgan fingerprint density at radius 2 is 2.00 bits per heavy atom. The fourth-order valence-corrected chi connectivity index (χ4v) is 3.12. The Kier molecular flexibility index (Phi) is 4.83. The molecule has 1 aromatic rings. The van der Waals surface area contributed by atoms with Crippen molar-refractivity contribution in [3.05, 3.63) is 42.0 Å². The summed E-state index contributed by atoms with van der Waals surface area (Å²) < 4.78 is 22.8. The van der Waals surface area contributed by atoms with Crippen molar-refractivity contribution in [1.29, 1.82) is 0 Å². The van der Waals surface area contributed by atoms with Crippen LogP contribution in [0.5, 0.6) is 0 Å². The Hall–Kier alpha value is -1.62. The van der Waals surface area contributed by atoms with Gasteiger partial charge in [0.25, 0.3) is 0 Å². The van der Waals surface area contributed by atoms with Gasteiger partial charge in [0.1, 0.15) is 0 Å². The quantitative estimate of drug-likeness (QED) is 0.851. The number of hydrogen-bond acceptors (Lipinski definition) is 3. The molecule has 0 heterocycles. The molecule has 4 nitrogen and oxygen atoms in total. The monoisotopic (exact) mass is 307 g/mol. The van der Waals surface area contributed by atoms with E-state index in [9.17, 15) is 13.2 Å². The molecule has 2 atom stereocenters.